The van der Waals surface area contributed by atoms with Gasteiger partial charge in [-0.3, -0.25) is 0 Å². The maximum atomic E-state index is 9.74. The van der Waals surface area contributed by atoms with E-state index >= 15 is 0 Å². The minimum atomic E-state index is 0.104. The number of hydrogen-bond donors (Lipinski definition) is 1. The molecule has 0 atom stereocenters. The smallest absolute Gasteiger partial charge is 0.141 e. The minimum Gasteiger partial charge on any atom is -0.506 e. The molecule has 0 aliphatic carbocycles. The zero-order valence-corrected chi connectivity index (χ0v) is 9.69. The molecule has 2 rings (SSSR count). The van der Waals surface area contributed by atoms with Crippen molar-refractivity contribution in [3.8, 4) is 11.5 Å². The number of phenols is 1. The summed E-state index contributed by atoms with van der Waals surface area (Å²) in [5.74, 6) is 0.961. The number of para-hydroxylation sites is 1. The Hall–Kier alpha value is -1.77. The van der Waals surface area contributed by atoms with E-state index in [1.54, 1.807) is 12.1 Å². The number of aryl methyl sites for hydroxylation is 1. The van der Waals surface area contributed by atoms with Crippen LogP contribution in [0.2, 0.25) is 0 Å². The van der Waals surface area contributed by atoms with E-state index in [0.717, 1.165) is 16.8 Å². The Balaban J connectivity index is 2.68. The van der Waals surface area contributed by atoms with Crippen molar-refractivity contribution in [1.82, 2.24) is 4.98 Å². The van der Waals surface area contributed by atoms with Gasteiger partial charge in [0.15, 0.2) is 0 Å². The van der Waals surface area contributed by atoms with Gasteiger partial charge in [-0.25, -0.2) is 4.98 Å². The van der Waals surface area contributed by atoms with Gasteiger partial charge in [-0.05, 0) is 32.9 Å². The number of ether oxygens (including phenoxy) is 1. The van der Waals surface area contributed by atoms with Crippen LogP contribution in [0, 0.1) is 6.92 Å². The standard InChI is InChI=1S/C13H15NO2/c1-8(2)16-12-7-9(3)14-13-10(12)5-4-6-11(13)15/h4-8,15H,1-3H3. The first-order valence-corrected chi connectivity index (χ1v) is 5.34. The Kier molecular flexibility index (Phi) is 2.69. The average Bonchev–Trinajstić information content (AvgIpc) is 2.18. The van der Waals surface area contributed by atoms with E-state index in [1.807, 2.05) is 32.9 Å². The van der Waals surface area contributed by atoms with Crippen molar-refractivity contribution in [2.45, 2.75) is 26.9 Å². The number of benzene rings is 1. The number of fused-ring (bicyclic) bond motifs is 1. The van der Waals surface area contributed by atoms with Gasteiger partial charge in [0, 0.05) is 17.1 Å². The lowest BCUT2D eigenvalue weighted by molar-refractivity contribution is 0.245. The van der Waals surface area contributed by atoms with Gasteiger partial charge in [-0.15, -0.1) is 0 Å². The summed E-state index contributed by atoms with van der Waals surface area (Å²) in [7, 11) is 0. The topological polar surface area (TPSA) is 42.4 Å². The lowest BCUT2D eigenvalue weighted by atomic mass is 10.1. The lowest BCUT2D eigenvalue weighted by Gasteiger charge is -2.13. The van der Waals surface area contributed by atoms with Crippen LogP contribution < -0.4 is 4.74 Å². The highest BCUT2D eigenvalue weighted by atomic mass is 16.5. The molecule has 0 aliphatic heterocycles. The molecule has 0 saturated carbocycles. The second-order valence-corrected chi connectivity index (χ2v) is 4.10. The first kappa shape index (κ1) is 10.7. The predicted molar refractivity (Wildman–Crippen MR) is 63.9 cm³/mol. The summed E-state index contributed by atoms with van der Waals surface area (Å²) in [6.07, 6.45) is 0.104. The highest BCUT2D eigenvalue weighted by molar-refractivity contribution is 5.89. The highest BCUT2D eigenvalue weighted by Crippen LogP contribution is 2.31. The average molecular weight is 217 g/mol. The van der Waals surface area contributed by atoms with E-state index in [-0.39, 0.29) is 11.9 Å². The number of phenolic OH excluding ortho intramolecular Hbond substituents is 1. The van der Waals surface area contributed by atoms with Crippen LogP contribution in [0.25, 0.3) is 10.9 Å². The molecule has 84 valence electrons. The molecule has 0 fully saturated rings. The maximum Gasteiger partial charge on any atom is 0.141 e. The van der Waals surface area contributed by atoms with E-state index < -0.39 is 0 Å². The van der Waals surface area contributed by atoms with Crippen LogP contribution in [0.1, 0.15) is 19.5 Å². The Labute approximate surface area is 94.7 Å². The monoisotopic (exact) mass is 217 g/mol. The van der Waals surface area contributed by atoms with Crippen LogP contribution in [0.5, 0.6) is 11.5 Å². The van der Waals surface area contributed by atoms with E-state index in [2.05, 4.69) is 4.98 Å². The first-order valence-electron chi connectivity index (χ1n) is 5.34. The second kappa shape index (κ2) is 4.00. The molecule has 1 N–H and O–H groups in total. The van der Waals surface area contributed by atoms with Crippen LogP contribution >= 0.6 is 0 Å². The molecule has 1 aromatic carbocycles. The van der Waals surface area contributed by atoms with Gasteiger partial charge in [0.25, 0.3) is 0 Å². The van der Waals surface area contributed by atoms with Crippen LogP contribution in [-0.4, -0.2) is 16.2 Å². The van der Waals surface area contributed by atoms with Crippen LogP contribution in [0.3, 0.4) is 0 Å². The molecule has 3 heteroatoms. The molecule has 0 saturated heterocycles. The summed E-state index contributed by atoms with van der Waals surface area (Å²) in [5.41, 5.74) is 1.43. The first-order chi connectivity index (χ1) is 7.58. The summed E-state index contributed by atoms with van der Waals surface area (Å²) in [5, 5.41) is 10.6. The molecule has 16 heavy (non-hydrogen) atoms. The van der Waals surface area contributed by atoms with Crippen molar-refractivity contribution in [3.05, 3.63) is 30.0 Å². The molecule has 2 aromatic rings. The van der Waals surface area contributed by atoms with Gasteiger partial charge in [0.2, 0.25) is 0 Å². The molecule has 0 spiro atoms. The molecule has 0 amide bonds. The van der Waals surface area contributed by atoms with Gasteiger partial charge < -0.3 is 9.84 Å². The van der Waals surface area contributed by atoms with E-state index in [4.69, 9.17) is 4.74 Å². The summed E-state index contributed by atoms with van der Waals surface area (Å²) < 4.78 is 5.71. The number of pyridine rings is 1. The third-order valence-corrected chi connectivity index (χ3v) is 2.27. The molecule has 0 aliphatic rings. The number of nitrogens with zero attached hydrogens (tertiary/aromatic N) is 1. The molecule has 0 bridgehead atoms. The van der Waals surface area contributed by atoms with Gasteiger partial charge >= 0.3 is 0 Å². The van der Waals surface area contributed by atoms with Gasteiger partial charge in [-0.2, -0.15) is 0 Å². The van der Waals surface area contributed by atoms with Crippen molar-refractivity contribution in [1.29, 1.82) is 0 Å². The summed E-state index contributed by atoms with van der Waals surface area (Å²) in [6, 6.07) is 7.22. The van der Waals surface area contributed by atoms with Crippen molar-refractivity contribution in [3.63, 3.8) is 0 Å². The predicted octanol–water partition coefficient (Wildman–Crippen LogP) is 3.04. The Morgan fingerprint density at radius 2 is 2.06 bits per heavy atom. The zero-order valence-electron chi connectivity index (χ0n) is 9.69. The Morgan fingerprint density at radius 1 is 1.31 bits per heavy atom. The lowest BCUT2D eigenvalue weighted by Crippen LogP contribution is -2.06. The van der Waals surface area contributed by atoms with Gasteiger partial charge in [0.1, 0.15) is 17.0 Å². The maximum absolute atomic E-state index is 9.74. The van der Waals surface area contributed by atoms with E-state index in [1.165, 1.54) is 0 Å². The quantitative estimate of drug-likeness (QED) is 0.840. The number of aromatic nitrogens is 1. The minimum absolute atomic E-state index is 0.104. The van der Waals surface area contributed by atoms with Crippen molar-refractivity contribution < 1.29 is 9.84 Å². The Bertz CT molecular complexity index is 521. The van der Waals surface area contributed by atoms with Gasteiger partial charge in [0.05, 0.1) is 6.10 Å². The fraction of sp³-hybridized carbons (Fsp3) is 0.308. The summed E-state index contributed by atoms with van der Waals surface area (Å²) in [4.78, 5) is 4.31. The fourth-order valence-electron chi connectivity index (χ4n) is 1.68. The summed E-state index contributed by atoms with van der Waals surface area (Å²) in [6.45, 7) is 5.84. The molecule has 0 unspecified atom stereocenters. The van der Waals surface area contributed by atoms with E-state index in [0.29, 0.717) is 5.52 Å². The molecular weight excluding hydrogens is 202 g/mol. The second-order valence-electron chi connectivity index (χ2n) is 4.10. The summed E-state index contributed by atoms with van der Waals surface area (Å²) >= 11 is 0. The van der Waals surface area contributed by atoms with Crippen molar-refractivity contribution >= 4 is 10.9 Å². The Morgan fingerprint density at radius 3 is 2.75 bits per heavy atom. The van der Waals surface area contributed by atoms with Crippen LogP contribution in [0.15, 0.2) is 24.3 Å². The largest absolute Gasteiger partial charge is 0.506 e. The molecular formula is C13H15NO2. The highest BCUT2D eigenvalue weighted by Gasteiger charge is 2.09. The third kappa shape index (κ3) is 1.94. The molecule has 1 heterocycles. The molecule has 3 nitrogen and oxygen atoms in total. The number of hydrogen-bond acceptors (Lipinski definition) is 3. The zero-order chi connectivity index (χ0) is 11.7. The molecule has 1 aromatic heterocycles. The number of rotatable bonds is 2. The number of aromatic hydroxyl groups is 1. The van der Waals surface area contributed by atoms with Crippen molar-refractivity contribution in [2.24, 2.45) is 0 Å². The normalized spacial score (nSPS) is 11.0. The molecule has 0 radical (unpaired) electrons. The van der Waals surface area contributed by atoms with Crippen LogP contribution in [-0.2, 0) is 0 Å². The van der Waals surface area contributed by atoms with Crippen LogP contribution in [0.4, 0.5) is 0 Å². The fourth-order valence-corrected chi connectivity index (χ4v) is 1.68. The third-order valence-electron chi connectivity index (χ3n) is 2.27. The van der Waals surface area contributed by atoms with Gasteiger partial charge in [-0.1, -0.05) is 6.07 Å². The van der Waals surface area contributed by atoms with E-state index in [9.17, 15) is 5.11 Å². The SMILES string of the molecule is Cc1cc(OC(C)C)c2cccc(O)c2n1. The van der Waals surface area contributed by atoms with Crippen molar-refractivity contribution in [2.75, 3.05) is 0 Å².